The van der Waals surface area contributed by atoms with Crippen LogP contribution in [0, 0.1) is 0 Å². The van der Waals surface area contributed by atoms with Gasteiger partial charge in [-0.3, -0.25) is 4.68 Å². The zero-order valence-corrected chi connectivity index (χ0v) is 12.5. The van der Waals surface area contributed by atoms with Crippen LogP contribution < -0.4 is 10.1 Å². The summed E-state index contributed by atoms with van der Waals surface area (Å²) in [4.78, 5) is 0. The van der Waals surface area contributed by atoms with Crippen molar-refractivity contribution in [1.82, 2.24) is 15.1 Å². The van der Waals surface area contributed by atoms with Crippen molar-refractivity contribution >= 4 is 0 Å². The largest absolute Gasteiger partial charge is 0.493 e. The van der Waals surface area contributed by atoms with E-state index in [2.05, 4.69) is 47.7 Å². The molecule has 4 heteroatoms. The molecule has 20 heavy (non-hydrogen) atoms. The lowest BCUT2D eigenvalue weighted by molar-refractivity contribution is 0.390. The zero-order valence-electron chi connectivity index (χ0n) is 12.5. The Hall–Kier alpha value is -1.81. The summed E-state index contributed by atoms with van der Waals surface area (Å²) in [6.07, 6.45) is 3.84. The van der Waals surface area contributed by atoms with E-state index in [9.17, 15) is 0 Å². The highest BCUT2D eigenvalue weighted by molar-refractivity contribution is 5.28. The molecule has 1 aromatic carbocycles. The number of aromatic nitrogens is 2. The number of ether oxygens (including phenoxy) is 1. The molecule has 0 aliphatic heterocycles. The minimum Gasteiger partial charge on any atom is -0.493 e. The molecule has 0 saturated carbocycles. The van der Waals surface area contributed by atoms with E-state index in [0.717, 1.165) is 30.8 Å². The molecule has 108 valence electrons. The average Bonchev–Trinajstić information content (AvgIpc) is 2.85. The molecule has 0 aliphatic carbocycles. The van der Waals surface area contributed by atoms with E-state index in [1.165, 1.54) is 5.56 Å². The minimum absolute atomic E-state index is 0.252. The van der Waals surface area contributed by atoms with Crippen molar-refractivity contribution in [3.05, 3.63) is 47.8 Å². The molecular weight excluding hydrogens is 250 g/mol. The molecule has 1 N–H and O–H groups in total. The van der Waals surface area contributed by atoms with Gasteiger partial charge in [0.25, 0.3) is 0 Å². The van der Waals surface area contributed by atoms with E-state index < -0.39 is 0 Å². The molecule has 2 rings (SSSR count). The number of nitrogens with zero attached hydrogens (tertiary/aromatic N) is 2. The molecule has 1 heterocycles. The number of aryl methyl sites for hydroxylation is 2. The third-order valence-corrected chi connectivity index (χ3v) is 3.51. The van der Waals surface area contributed by atoms with Gasteiger partial charge in [0, 0.05) is 7.05 Å². The molecular formula is C16H23N3O. The van der Waals surface area contributed by atoms with E-state index in [0.29, 0.717) is 0 Å². The quantitative estimate of drug-likeness (QED) is 0.843. The van der Waals surface area contributed by atoms with Crippen LogP contribution in [0.15, 0.2) is 36.5 Å². The summed E-state index contributed by atoms with van der Waals surface area (Å²) in [5.74, 6) is 0.853. The third kappa shape index (κ3) is 3.39. The van der Waals surface area contributed by atoms with Gasteiger partial charge in [-0.25, -0.2) is 0 Å². The molecule has 0 spiro atoms. The molecule has 0 amide bonds. The van der Waals surface area contributed by atoms with Gasteiger partial charge in [-0.15, -0.1) is 0 Å². The monoisotopic (exact) mass is 273 g/mol. The molecule has 4 nitrogen and oxygen atoms in total. The maximum atomic E-state index is 5.42. The first kappa shape index (κ1) is 14.6. The van der Waals surface area contributed by atoms with Crippen LogP contribution in [0.3, 0.4) is 0 Å². The minimum atomic E-state index is 0.252. The number of hydrogen-bond acceptors (Lipinski definition) is 3. The predicted molar refractivity (Wildman–Crippen MR) is 80.9 cm³/mol. The lowest BCUT2D eigenvalue weighted by Gasteiger charge is -2.19. The Balaban J connectivity index is 2.12. The normalized spacial score (nSPS) is 12.3. The van der Waals surface area contributed by atoms with E-state index in [-0.39, 0.29) is 6.04 Å². The topological polar surface area (TPSA) is 39.1 Å². The lowest BCUT2D eigenvalue weighted by atomic mass is 10.0. The molecule has 1 aromatic heterocycles. The summed E-state index contributed by atoms with van der Waals surface area (Å²) < 4.78 is 7.32. The zero-order chi connectivity index (χ0) is 14.4. The van der Waals surface area contributed by atoms with Gasteiger partial charge in [0.2, 0.25) is 0 Å². The fraction of sp³-hybridized carbons (Fsp3) is 0.438. The summed E-state index contributed by atoms with van der Waals surface area (Å²) in [6.45, 7) is 3.05. The number of hydrogen-bond donors (Lipinski definition) is 1. The van der Waals surface area contributed by atoms with Crippen LogP contribution in [0.2, 0.25) is 0 Å². The maximum Gasteiger partial charge on any atom is 0.161 e. The van der Waals surface area contributed by atoms with Gasteiger partial charge in [0.05, 0.1) is 25.0 Å². The van der Waals surface area contributed by atoms with Crippen molar-refractivity contribution in [2.45, 2.75) is 25.8 Å². The van der Waals surface area contributed by atoms with Crippen LogP contribution >= 0.6 is 0 Å². The Morgan fingerprint density at radius 1 is 1.30 bits per heavy atom. The van der Waals surface area contributed by atoms with Crippen molar-refractivity contribution in [3.8, 4) is 5.75 Å². The summed E-state index contributed by atoms with van der Waals surface area (Å²) in [5, 5.41) is 7.83. The summed E-state index contributed by atoms with van der Waals surface area (Å²) in [5.41, 5.74) is 2.47. The van der Waals surface area contributed by atoms with Gasteiger partial charge in [0.15, 0.2) is 5.75 Å². The fourth-order valence-corrected chi connectivity index (χ4v) is 2.52. The average molecular weight is 273 g/mol. The maximum absolute atomic E-state index is 5.42. The Kier molecular flexibility index (Phi) is 5.18. The summed E-state index contributed by atoms with van der Waals surface area (Å²) in [6, 6.07) is 10.8. The van der Waals surface area contributed by atoms with Crippen molar-refractivity contribution in [3.63, 3.8) is 0 Å². The Morgan fingerprint density at radius 2 is 2.05 bits per heavy atom. The van der Waals surface area contributed by atoms with Gasteiger partial charge in [-0.2, -0.15) is 5.10 Å². The van der Waals surface area contributed by atoms with Gasteiger partial charge in [-0.05, 0) is 24.9 Å². The smallest absolute Gasteiger partial charge is 0.161 e. The second kappa shape index (κ2) is 7.10. The highest BCUT2D eigenvalue weighted by atomic mass is 16.5. The van der Waals surface area contributed by atoms with E-state index in [1.807, 2.05) is 11.7 Å². The highest BCUT2D eigenvalue weighted by Crippen LogP contribution is 2.27. The van der Waals surface area contributed by atoms with Crippen LogP contribution in [0.25, 0.3) is 0 Å². The van der Waals surface area contributed by atoms with Gasteiger partial charge >= 0.3 is 0 Å². The third-order valence-electron chi connectivity index (χ3n) is 3.51. The molecule has 1 atom stereocenters. The molecule has 1 unspecified atom stereocenters. The van der Waals surface area contributed by atoms with Crippen LogP contribution in [-0.4, -0.2) is 23.4 Å². The van der Waals surface area contributed by atoms with Crippen LogP contribution in [0.5, 0.6) is 5.75 Å². The van der Waals surface area contributed by atoms with Gasteiger partial charge in [-0.1, -0.05) is 37.3 Å². The van der Waals surface area contributed by atoms with Crippen LogP contribution in [0.4, 0.5) is 0 Å². The van der Waals surface area contributed by atoms with E-state index >= 15 is 0 Å². The van der Waals surface area contributed by atoms with Crippen molar-refractivity contribution in [2.24, 2.45) is 7.05 Å². The van der Waals surface area contributed by atoms with Crippen molar-refractivity contribution in [2.75, 3.05) is 13.7 Å². The highest BCUT2D eigenvalue weighted by Gasteiger charge is 2.19. The molecule has 0 fully saturated rings. The first-order valence-corrected chi connectivity index (χ1v) is 7.09. The van der Waals surface area contributed by atoms with E-state index in [1.54, 1.807) is 13.3 Å². The number of methoxy groups -OCH3 is 1. The summed E-state index contributed by atoms with van der Waals surface area (Å²) >= 11 is 0. The second-order valence-corrected chi connectivity index (χ2v) is 4.86. The van der Waals surface area contributed by atoms with E-state index in [4.69, 9.17) is 4.74 Å². The second-order valence-electron chi connectivity index (χ2n) is 4.86. The molecule has 0 saturated heterocycles. The number of rotatable bonds is 7. The number of nitrogens with one attached hydrogen (secondary N) is 1. The Labute approximate surface area is 120 Å². The molecule has 0 radical (unpaired) electrons. The lowest BCUT2D eigenvalue weighted by Crippen LogP contribution is -2.24. The van der Waals surface area contributed by atoms with Crippen molar-refractivity contribution < 1.29 is 4.74 Å². The van der Waals surface area contributed by atoms with Crippen LogP contribution in [0.1, 0.15) is 30.6 Å². The molecule has 0 bridgehead atoms. The van der Waals surface area contributed by atoms with Gasteiger partial charge < -0.3 is 10.1 Å². The SMILES string of the molecule is CCNC(CCc1ccccc1)c1c(OC)cnn1C. The Morgan fingerprint density at radius 3 is 2.70 bits per heavy atom. The molecule has 2 aromatic rings. The predicted octanol–water partition coefficient (Wildman–Crippen LogP) is 2.71. The first-order valence-electron chi connectivity index (χ1n) is 7.09. The van der Waals surface area contributed by atoms with Crippen molar-refractivity contribution in [1.29, 1.82) is 0 Å². The standard InChI is InChI=1S/C16H23N3O/c1-4-17-14(11-10-13-8-6-5-7-9-13)16-15(20-3)12-18-19(16)2/h5-9,12,14,17H,4,10-11H2,1-3H3. The first-order chi connectivity index (χ1) is 9.76. The van der Waals surface area contributed by atoms with Crippen LogP contribution in [-0.2, 0) is 13.5 Å². The molecule has 0 aliphatic rings. The Bertz CT molecular complexity index is 522. The summed E-state index contributed by atoms with van der Waals surface area (Å²) in [7, 11) is 3.66. The number of benzene rings is 1. The van der Waals surface area contributed by atoms with Gasteiger partial charge in [0.1, 0.15) is 0 Å². The fourth-order valence-electron chi connectivity index (χ4n) is 2.52.